The molecule has 0 fully saturated rings. The molecule has 1 N–H and O–H groups in total. The summed E-state index contributed by atoms with van der Waals surface area (Å²) in [5.74, 6) is 0.748. The van der Waals surface area contributed by atoms with Crippen molar-refractivity contribution in [3.05, 3.63) is 53.3 Å². The molecule has 0 radical (unpaired) electrons. The summed E-state index contributed by atoms with van der Waals surface area (Å²) in [5.41, 5.74) is 3.44. The van der Waals surface area contributed by atoms with Crippen molar-refractivity contribution in [3.63, 3.8) is 0 Å². The Labute approximate surface area is 139 Å². The summed E-state index contributed by atoms with van der Waals surface area (Å²) >= 11 is 0. The van der Waals surface area contributed by atoms with Gasteiger partial charge < -0.3 is 10.0 Å². The molecule has 8 heteroatoms. The number of fused-ring (bicyclic) bond motifs is 1. The molecule has 4 rings (SSSR count). The van der Waals surface area contributed by atoms with Crippen LogP contribution in [-0.4, -0.2) is 41.7 Å². The number of tetrazole rings is 1. The van der Waals surface area contributed by atoms with E-state index >= 15 is 0 Å². The van der Waals surface area contributed by atoms with Gasteiger partial charge in [0.15, 0.2) is 0 Å². The van der Waals surface area contributed by atoms with Crippen LogP contribution in [0.1, 0.15) is 29.8 Å². The third kappa shape index (κ3) is 2.44. The van der Waals surface area contributed by atoms with Gasteiger partial charge in [-0.15, -0.1) is 0 Å². The van der Waals surface area contributed by atoms with Crippen LogP contribution in [0, 0.1) is 0 Å². The molecule has 0 amide bonds. The Morgan fingerprint density at radius 2 is 2.04 bits per heavy atom. The van der Waals surface area contributed by atoms with Gasteiger partial charge in [0, 0.05) is 12.1 Å². The number of hydrogen-bond acceptors (Lipinski definition) is 6. The molecule has 1 atom stereocenters. The first kappa shape index (κ1) is 14.8. The van der Waals surface area contributed by atoms with Gasteiger partial charge in [0.2, 0.25) is 5.95 Å². The Balaban J connectivity index is 1.60. The highest BCUT2D eigenvalue weighted by Crippen LogP contribution is 2.29. The van der Waals surface area contributed by atoms with E-state index in [1.54, 1.807) is 0 Å². The van der Waals surface area contributed by atoms with Gasteiger partial charge >= 0.3 is 0 Å². The molecule has 3 aromatic rings. The summed E-state index contributed by atoms with van der Waals surface area (Å²) in [6, 6.07) is 10.2. The Morgan fingerprint density at radius 1 is 1.21 bits per heavy atom. The SMILES string of the molecule is CC(c1ccccc1)n1nnnc1N1Cc2cnn(CCO)c2C1. The van der Waals surface area contributed by atoms with Crippen molar-refractivity contribution in [1.82, 2.24) is 30.0 Å². The zero-order chi connectivity index (χ0) is 16.5. The molecule has 1 aromatic carbocycles. The maximum Gasteiger partial charge on any atom is 0.246 e. The van der Waals surface area contributed by atoms with Gasteiger partial charge in [0.25, 0.3) is 0 Å². The summed E-state index contributed by atoms with van der Waals surface area (Å²) in [6.45, 7) is 4.09. The summed E-state index contributed by atoms with van der Waals surface area (Å²) in [7, 11) is 0. The summed E-state index contributed by atoms with van der Waals surface area (Å²) in [5, 5.41) is 25.8. The fraction of sp³-hybridized carbons (Fsp3) is 0.375. The van der Waals surface area contributed by atoms with Crippen LogP contribution in [0.15, 0.2) is 36.5 Å². The van der Waals surface area contributed by atoms with E-state index in [2.05, 4.69) is 44.6 Å². The highest BCUT2D eigenvalue weighted by atomic mass is 16.3. The normalized spacial score (nSPS) is 14.8. The van der Waals surface area contributed by atoms with Crippen LogP contribution in [0.25, 0.3) is 0 Å². The molecule has 1 aliphatic heterocycles. The molecule has 0 bridgehead atoms. The molecule has 0 aliphatic carbocycles. The lowest BCUT2D eigenvalue weighted by Crippen LogP contribution is -2.23. The molecule has 0 saturated heterocycles. The molecule has 1 aliphatic rings. The Hall–Kier alpha value is -2.74. The Morgan fingerprint density at radius 3 is 2.83 bits per heavy atom. The van der Waals surface area contributed by atoms with Gasteiger partial charge in [0.1, 0.15) is 0 Å². The number of rotatable bonds is 5. The topological polar surface area (TPSA) is 84.9 Å². The van der Waals surface area contributed by atoms with E-state index in [9.17, 15) is 0 Å². The number of benzene rings is 1. The van der Waals surface area contributed by atoms with Crippen molar-refractivity contribution in [1.29, 1.82) is 0 Å². The minimum absolute atomic E-state index is 0.0499. The standard InChI is InChI=1S/C16H19N7O/c1-12(13-5-3-2-4-6-13)23-16(18-19-20-23)21-10-14-9-17-22(7-8-24)15(14)11-21/h2-6,9,12,24H,7-8,10-11H2,1H3. The van der Waals surface area contributed by atoms with Crippen LogP contribution in [0.5, 0.6) is 0 Å². The first-order valence-electron chi connectivity index (χ1n) is 8.00. The van der Waals surface area contributed by atoms with Crippen molar-refractivity contribution >= 4 is 5.95 Å². The number of hydrogen-bond donors (Lipinski definition) is 1. The van der Waals surface area contributed by atoms with Crippen LogP contribution < -0.4 is 4.90 Å². The van der Waals surface area contributed by atoms with Crippen LogP contribution >= 0.6 is 0 Å². The van der Waals surface area contributed by atoms with Crippen molar-refractivity contribution in [3.8, 4) is 0 Å². The second-order valence-corrected chi connectivity index (χ2v) is 5.93. The largest absolute Gasteiger partial charge is 0.394 e. The van der Waals surface area contributed by atoms with Gasteiger partial charge in [-0.1, -0.05) is 35.4 Å². The van der Waals surface area contributed by atoms with Crippen molar-refractivity contribution < 1.29 is 5.11 Å². The second-order valence-electron chi connectivity index (χ2n) is 5.93. The molecular weight excluding hydrogens is 306 g/mol. The maximum absolute atomic E-state index is 9.15. The number of anilines is 1. The lowest BCUT2D eigenvalue weighted by atomic mass is 10.1. The molecule has 124 valence electrons. The van der Waals surface area contributed by atoms with Crippen molar-refractivity contribution in [2.45, 2.75) is 32.6 Å². The summed E-state index contributed by atoms with van der Waals surface area (Å²) in [6.07, 6.45) is 1.86. The van der Waals surface area contributed by atoms with E-state index in [-0.39, 0.29) is 12.6 Å². The predicted molar refractivity (Wildman–Crippen MR) is 87.3 cm³/mol. The molecule has 1 unspecified atom stereocenters. The highest BCUT2D eigenvalue weighted by molar-refractivity contribution is 5.40. The lowest BCUT2D eigenvalue weighted by molar-refractivity contribution is 0.267. The van der Waals surface area contributed by atoms with Crippen LogP contribution in [0.4, 0.5) is 5.95 Å². The number of nitrogens with zero attached hydrogens (tertiary/aromatic N) is 7. The van der Waals surface area contributed by atoms with Gasteiger partial charge in [-0.05, 0) is 22.9 Å². The van der Waals surface area contributed by atoms with Crippen LogP contribution in [0.2, 0.25) is 0 Å². The number of aliphatic hydroxyl groups is 1. The fourth-order valence-corrected chi connectivity index (χ4v) is 3.16. The van der Waals surface area contributed by atoms with Crippen LogP contribution in [-0.2, 0) is 19.6 Å². The number of aliphatic hydroxyl groups excluding tert-OH is 1. The van der Waals surface area contributed by atoms with Gasteiger partial charge in [-0.25, -0.2) is 4.68 Å². The molecular formula is C16H19N7O. The van der Waals surface area contributed by atoms with E-state index in [1.807, 2.05) is 33.8 Å². The third-order valence-electron chi connectivity index (χ3n) is 4.46. The first-order valence-corrected chi connectivity index (χ1v) is 8.00. The van der Waals surface area contributed by atoms with E-state index < -0.39 is 0 Å². The third-order valence-corrected chi connectivity index (χ3v) is 4.46. The van der Waals surface area contributed by atoms with E-state index in [1.165, 1.54) is 0 Å². The second kappa shape index (κ2) is 6.04. The molecule has 24 heavy (non-hydrogen) atoms. The fourth-order valence-electron chi connectivity index (χ4n) is 3.16. The lowest BCUT2D eigenvalue weighted by Gasteiger charge is -2.20. The average Bonchev–Trinajstić information content (AvgIpc) is 3.31. The minimum atomic E-state index is 0.0499. The van der Waals surface area contributed by atoms with Gasteiger partial charge in [-0.3, -0.25) is 4.68 Å². The molecule has 8 nitrogen and oxygen atoms in total. The Bertz CT molecular complexity index is 826. The quantitative estimate of drug-likeness (QED) is 0.753. The minimum Gasteiger partial charge on any atom is -0.394 e. The van der Waals surface area contributed by atoms with Gasteiger partial charge in [0.05, 0.1) is 37.6 Å². The monoisotopic (exact) mass is 325 g/mol. The molecule has 0 spiro atoms. The highest BCUT2D eigenvalue weighted by Gasteiger charge is 2.28. The van der Waals surface area contributed by atoms with E-state index in [0.29, 0.717) is 13.1 Å². The van der Waals surface area contributed by atoms with E-state index in [0.717, 1.165) is 29.3 Å². The van der Waals surface area contributed by atoms with Gasteiger partial charge in [-0.2, -0.15) is 5.10 Å². The number of aromatic nitrogens is 6. The van der Waals surface area contributed by atoms with Crippen LogP contribution in [0.3, 0.4) is 0 Å². The zero-order valence-electron chi connectivity index (χ0n) is 13.4. The van der Waals surface area contributed by atoms with E-state index in [4.69, 9.17) is 5.11 Å². The summed E-state index contributed by atoms with van der Waals surface area (Å²) in [4.78, 5) is 2.14. The van der Waals surface area contributed by atoms with Crippen molar-refractivity contribution in [2.24, 2.45) is 0 Å². The average molecular weight is 325 g/mol. The smallest absolute Gasteiger partial charge is 0.246 e. The Kier molecular flexibility index (Phi) is 3.73. The molecule has 0 saturated carbocycles. The summed E-state index contributed by atoms with van der Waals surface area (Å²) < 4.78 is 3.70. The van der Waals surface area contributed by atoms with Crippen molar-refractivity contribution in [2.75, 3.05) is 11.5 Å². The molecule has 3 heterocycles. The molecule has 2 aromatic heterocycles. The maximum atomic E-state index is 9.15. The predicted octanol–water partition coefficient (Wildman–Crippen LogP) is 0.991. The first-order chi connectivity index (χ1) is 11.8. The zero-order valence-corrected chi connectivity index (χ0v) is 13.4.